The van der Waals surface area contributed by atoms with Crippen LogP contribution in [0.4, 0.5) is 14.5 Å². The summed E-state index contributed by atoms with van der Waals surface area (Å²) in [6, 6.07) is 8.49. The second-order valence-corrected chi connectivity index (χ2v) is 7.47. The molecule has 3 rings (SSSR count). The van der Waals surface area contributed by atoms with Gasteiger partial charge in [-0.1, -0.05) is 29.4 Å². The van der Waals surface area contributed by atoms with Crippen LogP contribution in [0.5, 0.6) is 5.75 Å². The molecule has 0 saturated carbocycles. The Balaban J connectivity index is 1.97. The van der Waals surface area contributed by atoms with Crippen molar-refractivity contribution in [1.29, 1.82) is 0 Å². The number of halogens is 3. The van der Waals surface area contributed by atoms with Crippen molar-refractivity contribution in [2.75, 3.05) is 17.8 Å². The molecule has 1 amide bonds. The van der Waals surface area contributed by atoms with Gasteiger partial charge in [-0.15, -0.1) is 11.3 Å². The molecule has 1 aromatic heterocycles. The summed E-state index contributed by atoms with van der Waals surface area (Å²) >= 11 is 8.42. The molecule has 0 radical (unpaired) electrons. The van der Waals surface area contributed by atoms with Crippen molar-refractivity contribution >= 4 is 57.5 Å². The summed E-state index contributed by atoms with van der Waals surface area (Å²) in [7, 11) is 1.48. The standard InChI is InChI=1S/C17H13ClF2N2O2S2/c1-24-14-5-4-10(7-12(14)18)22-16(23)13(8-11-3-2-6-25-11)21-17(22)26-9-15(19)20/h2-8,15H,9H2,1H3/b13-8-. The highest BCUT2D eigenvalue weighted by Crippen LogP contribution is 2.34. The van der Waals surface area contributed by atoms with Gasteiger partial charge in [0.2, 0.25) is 6.43 Å². The maximum absolute atomic E-state index is 12.8. The van der Waals surface area contributed by atoms with Crippen molar-refractivity contribution in [2.24, 2.45) is 4.99 Å². The fourth-order valence-corrected chi connectivity index (χ4v) is 3.92. The first-order valence-corrected chi connectivity index (χ1v) is 9.66. The van der Waals surface area contributed by atoms with Gasteiger partial charge in [0.1, 0.15) is 11.4 Å². The van der Waals surface area contributed by atoms with Crippen molar-refractivity contribution < 1.29 is 18.3 Å². The van der Waals surface area contributed by atoms with Crippen LogP contribution in [0.15, 0.2) is 46.4 Å². The third-order valence-electron chi connectivity index (χ3n) is 3.38. The molecule has 0 saturated heterocycles. The second-order valence-electron chi connectivity index (χ2n) is 5.10. The minimum atomic E-state index is -2.51. The summed E-state index contributed by atoms with van der Waals surface area (Å²) in [6.07, 6.45) is -0.870. The summed E-state index contributed by atoms with van der Waals surface area (Å²) in [5.74, 6) is -0.398. The van der Waals surface area contributed by atoms with Gasteiger partial charge < -0.3 is 4.74 Å². The summed E-state index contributed by atoms with van der Waals surface area (Å²) < 4.78 is 30.4. The number of anilines is 1. The van der Waals surface area contributed by atoms with Gasteiger partial charge in [-0.2, -0.15) is 0 Å². The van der Waals surface area contributed by atoms with E-state index in [0.29, 0.717) is 16.5 Å². The summed E-state index contributed by atoms with van der Waals surface area (Å²) in [5.41, 5.74) is 0.632. The average molecular weight is 415 g/mol. The van der Waals surface area contributed by atoms with E-state index in [2.05, 4.69) is 4.99 Å². The average Bonchev–Trinajstić information content (AvgIpc) is 3.22. The molecule has 1 aliphatic heterocycles. The summed E-state index contributed by atoms with van der Waals surface area (Å²) in [4.78, 5) is 19.2. The van der Waals surface area contributed by atoms with E-state index < -0.39 is 18.1 Å². The molecule has 1 aliphatic rings. The Bertz CT molecular complexity index is 870. The Labute approximate surface area is 162 Å². The van der Waals surface area contributed by atoms with E-state index in [0.717, 1.165) is 16.6 Å². The van der Waals surface area contributed by atoms with E-state index in [1.807, 2.05) is 17.5 Å². The second kappa shape index (κ2) is 8.20. The summed E-state index contributed by atoms with van der Waals surface area (Å²) in [5, 5.41) is 2.38. The molecule has 2 aromatic rings. The van der Waals surface area contributed by atoms with Crippen LogP contribution >= 0.6 is 34.7 Å². The molecular weight excluding hydrogens is 402 g/mol. The van der Waals surface area contributed by atoms with Crippen molar-refractivity contribution in [3.8, 4) is 5.75 Å². The number of amidine groups is 1. The molecule has 0 bridgehead atoms. The van der Waals surface area contributed by atoms with Gasteiger partial charge >= 0.3 is 0 Å². The zero-order chi connectivity index (χ0) is 18.7. The Morgan fingerprint density at radius 1 is 1.42 bits per heavy atom. The molecule has 9 heteroatoms. The molecule has 1 aromatic carbocycles. The number of carbonyl (C=O) groups is 1. The lowest BCUT2D eigenvalue weighted by Crippen LogP contribution is -2.30. The Kier molecular flexibility index (Phi) is 5.95. The number of ether oxygens (including phenoxy) is 1. The lowest BCUT2D eigenvalue weighted by atomic mass is 10.2. The molecule has 0 aliphatic carbocycles. The van der Waals surface area contributed by atoms with E-state index in [4.69, 9.17) is 16.3 Å². The minimum absolute atomic E-state index is 0.191. The SMILES string of the molecule is COc1ccc(N2C(=O)/C(=C/c3cccs3)N=C2SCC(F)F)cc1Cl. The van der Waals surface area contributed by atoms with E-state index >= 15 is 0 Å². The zero-order valence-electron chi connectivity index (χ0n) is 13.5. The highest BCUT2D eigenvalue weighted by Gasteiger charge is 2.33. The number of thioether (sulfide) groups is 1. The van der Waals surface area contributed by atoms with Gasteiger partial charge in [-0.25, -0.2) is 13.8 Å². The molecule has 0 spiro atoms. The fraction of sp³-hybridized carbons (Fsp3) is 0.176. The van der Waals surface area contributed by atoms with Crippen LogP contribution in [0.1, 0.15) is 4.88 Å². The van der Waals surface area contributed by atoms with E-state index in [1.165, 1.54) is 23.3 Å². The molecule has 2 heterocycles. The lowest BCUT2D eigenvalue weighted by Gasteiger charge is -2.18. The number of amides is 1. The van der Waals surface area contributed by atoms with Crippen molar-refractivity contribution in [1.82, 2.24) is 0 Å². The minimum Gasteiger partial charge on any atom is -0.495 e. The maximum atomic E-state index is 12.8. The maximum Gasteiger partial charge on any atom is 0.283 e. The van der Waals surface area contributed by atoms with Crippen LogP contribution in [0.2, 0.25) is 5.02 Å². The Morgan fingerprint density at radius 2 is 2.23 bits per heavy atom. The predicted molar refractivity (Wildman–Crippen MR) is 104 cm³/mol. The fourth-order valence-electron chi connectivity index (χ4n) is 2.26. The first-order valence-electron chi connectivity index (χ1n) is 7.42. The number of aliphatic imine (C=N–C) groups is 1. The molecule has 0 fully saturated rings. The number of hydrogen-bond donors (Lipinski definition) is 0. The quantitative estimate of drug-likeness (QED) is 0.635. The number of benzene rings is 1. The van der Waals surface area contributed by atoms with Crippen LogP contribution in [0.3, 0.4) is 0 Å². The number of rotatable bonds is 5. The van der Waals surface area contributed by atoms with Crippen LogP contribution in [-0.2, 0) is 4.79 Å². The molecule has 0 N–H and O–H groups in total. The van der Waals surface area contributed by atoms with Gasteiger partial charge in [0.05, 0.1) is 23.6 Å². The molecule has 26 heavy (non-hydrogen) atoms. The van der Waals surface area contributed by atoms with Gasteiger partial charge in [-0.05, 0) is 35.7 Å². The van der Waals surface area contributed by atoms with E-state index in [-0.39, 0.29) is 10.9 Å². The third-order valence-corrected chi connectivity index (χ3v) is 5.45. The van der Waals surface area contributed by atoms with Crippen molar-refractivity contribution in [3.05, 3.63) is 51.3 Å². The number of hydrogen-bond acceptors (Lipinski definition) is 5. The number of alkyl halides is 2. The normalized spacial score (nSPS) is 15.9. The Hall–Kier alpha value is -1.90. The molecule has 0 unspecified atom stereocenters. The van der Waals surface area contributed by atoms with Gasteiger partial charge in [0.25, 0.3) is 5.91 Å². The highest BCUT2D eigenvalue weighted by atomic mass is 35.5. The molecule has 4 nitrogen and oxygen atoms in total. The van der Waals surface area contributed by atoms with Crippen LogP contribution in [0.25, 0.3) is 6.08 Å². The van der Waals surface area contributed by atoms with E-state index in [9.17, 15) is 13.6 Å². The van der Waals surface area contributed by atoms with Crippen LogP contribution < -0.4 is 9.64 Å². The Morgan fingerprint density at radius 3 is 2.85 bits per heavy atom. The third kappa shape index (κ3) is 4.08. The summed E-state index contributed by atoms with van der Waals surface area (Å²) in [6.45, 7) is 0. The largest absolute Gasteiger partial charge is 0.495 e. The van der Waals surface area contributed by atoms with E-state index in [1.54, 1.807) is 24.3 Å². The highest BCUT2D eigenvalue weighted by molar-refractivity contribution is 8.14. The van der Waals surface area contributed by atoms with Crippen molar-refractivity contribution in [3.63, 3.8) is 0 Å². The first kappa shape index (κ1) is 18.9. The van der Waals surface area contributed by atoms with Gasteiger partial charge in [0, 0.05) is 4.88 Å². The molecular formula is C17H13ClF2N2O2S2. The number of methoxy groups -OCH3 is 1. The molecule has 136 valence electrons. The number of nitrogens with zero attached hydrogens (tertiary/aromatic N) is 2. The van der Waals surface area contributed by atoms with Crippen LogP contribution in [0, 0.1) is 0 Å². The topological polar surface area (TPSA) is 41.9 Å². The lowest BCUT2D eigenvalue weighted by molar-refractivity contribution is -0.113. The van der Waals surface area contributed by atoms with Gasteiger partial charge in [-0.3, -0.25) is 9.69 Å². The predicted octanol–water partition coefficient (Wildman–Crippen LogP) is 5.15. The molecule has 0 atom stereocenters. The van der Waals surface area contributed by atoms with Crippen LogP contribution in [-0.4, -0.2) is 30.4 Å². The van der Waals surface area contributed by atoms with Crippen molar-refractivity contribution in [2.45, 2.75) is 6.43 Å². The number of thiophene rings is 1. The smallest absolute Gasteiger partial charge is 0.283 e. The zero-order valence-corrected chi connectivity index (χ0v) is 15.9. The number of carbonyl (C=O) groups excluding carboxylic acids is 1. The monoisotopic (exact) mass is 414 g/mol. The van der Waals surface area contributed by atoms with Gasteiger partial charge in [0.15, 0.2) is 5.17 Å². The first-order chi connectivity index (χ1) is 12.5.